The van der Waals surface area contributed by atoms with Crippen molar-refractivity contribution >= 4 is 27.7 Å². The van der Waals surface area contributed by atoms with Gasteiger partial charge in [-0.15, -0.1) is 0 Å². The summed E-state index contributed by atoms with van der Waals surface area (Å²) in [6.45, 7) is 4.00. The SMILES string of the molecule is CNC(=O)C(CC(C)C)NC(=O)c1ccc(Br)cc1OC. The van der Waals surface area contributed by atoms with Crippen molar-refractivity contribution in [2.45, 2.75) is 26.3 Å². The highest BCUT2D eigenvalue weighted by molar-refractivity contribution is 9.10. The van der Waals surface area contributed by atoms with Crippen molar-refractivity contribution in [3.05, 3.63) is 28.2 Å². The molecule has 0 aliphatic carbocycles. The van der Waals surface area contributed by atoms with Gasteiger partial charge in [0.15, 0.2) is 0 Å². The molecule has 5 nitrogen and oxygen atoms in total. The Hall–Kier alpha value is -1.56. The van der Waals surface area contributed by atoms with Gasteiger partial charge in [-0.05, 0) is 30.5 Å². The van der Waals surface area contributed by atoms with Gasteiger partial charge in [0.2, 0.25) is 5.91 Å². The summed E-state index contributed by atoms with van der Waals surface area (Å²) in [6.07, 6.45) is 0.574. The summed E-state index contributed by atoms with van der Waals surface area (Å²) in [5, 5.41) is 5.34. The third kappa shape index (κ3) is 5.04. The number of methoxy groups -OCH3 is 1. The van der Waals surface area contributed by atoms with Crippen LogP contribution in [0.3, 0.4) is 0 Å². The number of halogens is 1. The summed E-state index contributed by atoms with van der Waals surface area (Å²) in [4.78, 5) is 24.2. The highest BCUT2D eigenvalue weighted by Crippen LogP contribution is 2.23. The Morgan fingerprint density at radius 1 is 1.33 bits per heavy atom. The summed E-state index contributed by atoms with van der Waals surface area (Å²) in [5.41, 5.74) is 0.401. The Morgan fingerprint density at radius 2 is 2.00 bits per heavy atom. The predicted molar refractivity (Wildman–Crippen MR) is 85.5 cm³/mol. The van der Waals surface area contributed by atoms with Gasteiger partial charge in [0.25, 0.3) is 5.91 Å². The van der Waals surface area contributed by atoms with Crippen LogP contribution < -0.4 is 15.4 Å². The normalized spacial score (nSPS) is 11.9. The molecular weight excluding hydrogens is 336 g/mol. The van der Waals surface area contributed by atoms with Crippen LogP contribution in [0.4, 0.5) is 0 Å². The van der Waals surface area contributed by atoms with Crippen LogP contribution in [0, 0.1) is 5.92 Å². The fourth-order valence-corrected chi connectivity index (χ4v) is 2.31. The molecule has 1 unspecified atom stereocenters. The van der Waals surface area contributed by atoms with Gasteiger partial charge >= 0.3 is 0 Å². The minimum atomic E-state index is -0.559. The molecular formula is C15H21BrN2O3. The Balaban J connectivity index is 2.93. The maximum Gasteiger partial charge on any atom is 0.255 e. The number of nitrogens with one attached hydrogen (secondary N) is 2. The average Bonchev–Trinajstić information content (AvgIpc) is 2.44. The number of hydrogen-bond donors (Lipinski definition) is 2. The quantitative estimate of drug-likeness (QED) is 0.821. The van der Waals surface area contributed by atoms with Crippen LogP contribution in [0.5, 0.6) is 5.75 Å². The van der Waals surface area contributed by atoms with Crippen LogP contribution in [-0.2, 0) is 4.79 Å². The van der Waals surface area contributed by atoms with Crippen molar-refractivity contribution in [2.24, 2.45) is 5.92 Å². The molecule has 1 aromatic rings. The van der Waals surface area contributed by atoms with E-state index < -0.39 is 6.04 Å². The lowest BCUT2D eigenvalue weighted by molar-refractivity contribution is -0.122. The number of likely N-dealkylation sites (N-methyl/N-ethyl adjacent to an activating group) is 1. The van der Waals surface area contributed by atoms with E-state index in [9.17, 15) is 9.59 Å². The maximum absolute atomic E-state index is 12.4. The number of hydrogen-bond acceptors (Lipinski definition) is 3. The van der Waals surface area contributed by atoms with Crippen LogP contribution in [0.1, 0.15) is 30.6 Å². The van der Waals surface area contributed by atoms with Crippen molar-refractivity contribution in [3.63, 3.8) is 0 Å². The predicted octanol–water partition coefficient (Wildman–Crippen LogP) is 2.35. The molecule has 116 valence electrons. The first-order chi connectivity index (χ1) is 9.88. The monoisotopic (exact) mass is 356 g/mol. The molecule has 0 heterocycles. The molecule has 1 atom stereocenters. The number of carbonyl (C=O) groups excluding carboxylic acids is 2. The summed E-state index contributed by atoms with van der Waals surface area (Å²) in [6, 6.07) is 4.58. The van der Waals surface area contributed by atoms with Gasteiger partial charge in [-0.1, -0.05) is 29.8 Å². The van der Waals surface area contributed by atoms with Crippen LogP contribution in [0.15, 0.2) is 22.7 Å². The summed E-state index contributed by atoms with van der Waals surface area (Å²) < 4.78 is 6.03. The smallest absolute Gasteiger partial charge is 0.255 e. The highest BCUT2D eigenvalue weighted by Gasteiger charge is 2.23. The number of amides is 2. The van der Waals surface area contributed by atoms with Crippen LogP contribution in [0.2, 0.25) is 0 Å². The molecule has 21 heavy (non-hydrogen) atoms. The van der Waals surface area contributed by atoms with Gasteiger partial charge in [-0.3, -0.25) is 9.59 Å². The van der Waals surface area contributed by atoms with Gasteiger partial charge in [0.05, 0.1) is 12.7 Å². The minimum Gasteiger partial charge on any atom is -0.496 e. The van der Waals surface area contributed by atoms with E-state index in [0.29, 0.717) is 23.7 Å². The molecule has 0 saturated heterocycles. The molecule has 0 bridgehead atoms. The zero-order chi connectivity index (χ0) is 16.0. The van der Waals surface area contributed by atoms with E-state index in [1.165, 1.54) is 7.11 Å². The van der Waals surface area contributed by atoms with Gasteiger partial charge in [-0.2, -0.15) is 0 Å². The van der Waals surface area contributed by atoms with Crippen molar-refractivity contribution in [1.82, 2.24) is 10.6 Å². The van der Waals surface area contributed by atoms with E-state index in [1.807, 2.05) is 13.8 Å². The first kappa shape index (κ1) is 17.5. The molecule has 0 aliphatic rings. The molecule has 0 radical (unpaired) electrons. The molecule has 6 heteroatoms. The third-order valence-corrected chi connectivity index (χ3v) is 3.48. The molecule has 2 amide bonds. The van der Waals surface area contributed by atoms with E-state index >= 15 is 0 Å². The number of ether oxygens (including phenoxy) is 1. The van der Waals surface area contributed by atoms with Gasteiger partial charge in [0.1, 0.15) is 11.8 Å². The zero-order valence-corrected chi connectivity index (χ0v) is 14.3. The van der Waals surface area contributed by atoms with E-state index in [4.69, 9.17) is 4.74 Å². The van der Waals surface area contributed by atoms with Crippen molar-refractivity contribution in [1.29, 1.82) is 0 Å². The van der Waals surface area contributed by atoms with Gasteiger partial charge < -0.3 is 15.4 Å². The second kappa shape index (κ2) is 8.02. The van der Waals surface area contributed by atoms with E-state index in [0.717, 1.165) is 4.47 Å². The Morgan fingerprint density at radius 3 is 2.52 bits per heavy atom. The zero-order valence-electron chi connectivity index (χ0n) is 12.7. The summed E-state index contributed by atoms with van der Waals surface area (Å²) in [7, 11) is 3.06. The van der Waals surface area contributed by atoms with E-state index in [2.05, 4.69) is 26.6 Å². The van der Waals surface area contributed by atoms with Crippen LogP contribution in [0.25, 0.3) is 0 Å². The third-order valence-electron chi connectivity index (χ3n) is 2.98. The summed E-state index contributed by atoms with van der Waals surface area (Å²) >= 11 is 3.33. The van der Waals surface area contributed by atoms with E-state index in [1.54, 1.807) is 25.2 Å². The minimum absolute atomic E-state index is 0.201. The second-order valence-electron chi connectivity index (χ2n) is 5.11. The summed E-state index contributed by atoms with van der Waals surface area (Å²) in [5.74, 6) is 0.225. The molecule has 0 aliphatic heterocycles. The van der Waals surface area contributed by atoms with Crippen molar-refractivity contribution < 1.29 is 14.3 Å². The fraction of sp³-hybridized carbons (Fsp3) is 0.467. The second-order valence-corrected chi connectivity index (χ2v) is 6.03. The Bertz CT molecular complexity index is 518. The molecule has 2 N–H and O–H groups in total. The average molecular weight is 357 g/mol. The van der Waals surface area contributed by atoms with Crippen LogP contribution in [-0.4, -0.2) is 32.0 Å². The molecule has 0 aromatic heterocycles. The van der Waals surface area contributed by atoms with Crippen LogP contribution >= 0.6 is 15.9 Å². The highest BCUT2D eigenvalue weighted by atomic mass is 79.9. The molecule has 0 saturated carbocycles. The molecule has 1 aromatic carbocycles. The molecule has 1 rings (SSSR count). The van der Waals surface area contributed by atoms with Gasteiger partial charge in [0, 0.05) is 11.5 Å². The standard InChI is InChI=1S/C15H21BrN2O3/c1-9(2)7-12(15(20)17-3)18-14(19)11-6-5-10(16)8-13(11)21-4/h5-6,8-9,12H,7H2,1-4H3,(H,17,20)(H,18,19). The Labute approximate surface area is 133 Å². The van der Waals surface area contributed by atoms with Gasteiger partial charge in [-0.25, -0.2) is 0 Å². The first-order valence-electron chi connectivity index (χ1n) is 6.75. The fourth-order valence-electron chi connectivity index (χ4n) is 1.97. The largest absolute Gasteiger partial charge is 0.496 e. The topological polar surface area (TPSA) is 67.4 Å². The number of carbonyl (C=O) groups is 2. The van der Waals surface area contributed by atoms with Crippen molar-refractivity contribution in [3.8, 4) is 5.75 Å². The van der Waals surface area contributed by atoms with E-state index in [-0.39, 0.29) is 11.8 Å². The maximum atomic E-state index is 12.4. The Kier molecular flexibility index (Phi) is 6.68. The molecule has 0 spiro atoms. The number of rotatable bonds is 6. The number of benzene rings is 1. The van der Waals surface area contributed by atoms with Crippen molar-refractivity contribution in [2.75, 3.05) is 14.2 Å². The lowest BCUT2D eigenvalue weighted by atomic mass is 10.0. The molecule has 0 fully saturated rings. The lowest BCUT2D eigenvalue weighted by Gasteiger charge is -2.19. The first-order valence-corrected chi connectivity index (χ1v) is 7.54. The lowest BCUT2D eigenvalue weighted by Crippen LogP contribution is -2.46.